The Kier molecular flexibility index (Phi) is 6.26. The number of nitrogens with one attached hydrogen (secondary N) is 1. The number of allylic oxidation sites excluding steroid dienone is 1. The predicted octanol–water partition coefficient (Wildman–Crippen LogP) is 3.79. The maximum atomic E-state index is 14.9. The van der Waals surface area contributed by atoms with Crippen LogP contribution in [0.5, 0.6) is 0 Å². The van der Waals surface area contributed by atoms with Crippen LogP contribution in [0.3, 0.4) is 0 Å². The van der Waals surface area contributed by atoms with Crippen LogP contribution in [0, 0.1) is 12.7 Å². The normalized spacial score (nSPS) is 16.5. The fraction of sp³-hybridized carbons (Fsp3) is 0.393. The Balaban J connectivity index is 1.83. The number of carbonyl (C=O) groups is 1. The van der Waals surface area contributed by atoms with Crippen molar-refractivity contribution in [1.29, 1.82) is 0 Å². The summed E-state index contributed by atoms with van der Waals surface area (Å²) in [5.74, 6) is -0.826. The van der Waals surface area contributed by atoms with E-state index < -0.39 is 12.5 Å². The average molecular weight is 492 g/mol. The van der Waals surface area contributed by atoms with Crippen LogP contribution in [0.2, 0.25) is 0 Å². The summed E-state index contributed by atoms with van der Waals surface area (Å²) in [6.45, 7) is 7.62. The van der Waals surface area contributed by atoms with Crippen LogP contribution in [-0.2, 0) is 29.1 Å². The number of ether oxygens (including phenoxy) is 1. The van der Waals surface area contributed by atoms with E-state index in [2.05, 4.69) is 11.9 Å². The third-order valence-electron chi connectivity index (χ3n) is 7.66. The van der Waals surface area contributed by atoms with Gasteiger partial charge >= 0.3 is 0 Å². The van der Waals surface area contributed by atoms with Crippen LogP contribution in [-0.4, -0.2) is 34.3 Å². The summed E-state index contributed by atoms with van der Waals surface area (Å²) in [6, 6.07) is 3.05. The van der Waals surface area contributed by atoms with Crippen molar-refractivity contribution in [3.63, 3.8) is 0 Å². The zero-order valence-corrected chi connectivity index (χ0v) is 20.8. The molecular formula is C28H30FN3O4. The number of hydrogen-bond donors (Lipinski definition) is 2. The molecule has 0 radical (unpaired) electrons. The number of methoxy groups -OCH3 is 1. The van der Waals surface area contributed by atoms with Gasteiger partial charge in [-0.15, -0.1) is 6.58 Å². The molecule has 1 aromatic carbocycles. The first-order valence-corrected chi connectivity index (χ1v) is 12.3. The van der Waals surface area contributed by atoms with Gasteiger partial charge in [-0.05, 0) is 54.5 Å². The molecule has 3 aromatic rings. The molecule has 2 aromatic heterocycles. The molecule has 188 valence electrons. The fourth-order valence-corrected chi connectivity index (χ4v) is 5.88. The molecule has 1 aliphatic carbocycles. The van der Waals surface area contributed by atoms with E-state index >= 15 is 0 Å². The number of nitrogens with zero attached hydrogens (tertiary/aromatic N) is 2. The van der Waals surface area contributed by atoms with E-state index in [9.17, 15) is 19.1 Å². The third-order valence-corrected chi connectivity index (χ3v) is 7.66. The third kappa shape index (κ3) is 3.59. The topological polar surface area (TPSA) is 93.5 Å². The number of benzene rings is 1. The number of hydrogen-bond acceptors (Lipinski definition) is 5. The van der Waals surface area contributed by atoms with E-state index in [-0.39, 0.29) is 29.9 Å². The molecule has 0 saturated heterocycles. The van der Waals surface area contributed by atoms with Crippen molar-refractivity contribution in [2.24, 2.45) is 0 Å². The molecule has 2 unspecified atom stereocenters. The molecule has 0 spiro atoms. The molecule has 2 N–H and O–H groups in total. The Labute approximate surface area is 208 Å². The summed E-state index contributed by atoms with van der Waals surface area (Å²) in [5, 5.41) is 13.1. The average Bonchev–Trinajstić information content (AvgIpc) is 3.24. The lowest BCUT2D eigenvalue weighted by Crippen LogP contribution is -2.33. The highest BCUT2D eigenvalue weighted by molar-refractivity contribution is 5.93. The van der Waals surface area contributed by atoms with Crippen LogP contribution in [0.15, 0.2) is 29.6 Å². The first-order chi connectivity index (χ1) is 17.3. The van der Waals surface area contributed by atoms with Gasteiger partial charge in [0.2, 0.25) is 5.91 Å². The van der Waals surface area contributed by atoms with Crippen molar-refractivity contribution in [1.82, 2.24) is 14.9 Å². The Morgan fingerprint density at radius 2 is 2.19 bits per heavy atom. The molecule has 5 rings (SSSR count). The summed E-state index contributed by atoms with van der Waals surface area (Å²) < 4.78 is 22.0. The Morgan fingerprint density at radius 3 is 2.86 bits per heavy atom. The maximum Gasteiger partial charge on any atom is 0.257 e. The van der Waals surface area contributed by atoms with Gasteiger partial charge in [0.25, 0.3) is 5.56 Å². The SMILES string of the molecule is C=CC(CC)c1cc2n(c(=O)c1COC)Cc1c-2nc2cc(F)c(C)c3c2c1C(NC(=O)CO)CC3. The van der Waals surface area contributed by atoms with Crippen molar-refractivity contribution in [3.8, 4) is 11.4 Å². The minimum absolute atomic E-state index is 0.0279. The van der Waals surface area contributed by atoms with Gasteiger partial charge in [-0.25, -0.2) is 9.37 Å². The number of amides is 1. The number of rotatable bonds is 7. The lowest BCUT2D eigenvalue weighted by atomic mass is 9.81. The Hall–Kier alpha value is -3.36. The fourth-order valence-electron chi connectivity index (χ4n) is 5.88. The summed E-state index contributed by atoms with van der Waals surface area (Å²) in [7, 11) is 1.57. The standard InChI is InChI=1S/C28H30FN3O4/c1-5-15(6-2)17-9-23-27-18(11-32(23)28(35)19(17)13-36-4)26-21(30-24(34)12-33)8-7-16-14(3)20(29)10-22(31-27)25(16)26/h5,9-10,15,21,33H,1,6-8,11-13H2,2-4H3,(H,30,34). The number of halogens is 1. The minimum Gasteiger partial charge on any atom is -0.387 e. The first-order valence-electron chi connectivity index (χ1n) is 12.3. The number of aryl methyl sites for hydroxylation is 1. The van der Waals surface area contributed by atoms with Gasteiger partial charge in [0.05, 0.1) is 36.1 Å². The van der Waals surface area contributed by atoms with E-state index in [0.717, 1.165) is 34.1 Å². The zero-order chi connectivity index (χ0) is 25.7. The maximum absolute atomic E-state index is 14.9. The van der Waals surface area contributed by atoms with Crippen molar-refractivity contribution < 1.29 is 19.0 Å². The smallest absolute Gasteiger partial charge is 0.257 e. The molecule has 0 fully saturated rings. The van der Waals surface area contributed by atoms with Crippen molar-refractivity contribution in [2.45, 2.75) is 58.2 Å². The Morgan fingerprint density at radius 1 is 1.42 bits per heavy atom. The highest BCUT2D eigenvalue weighted by Crippen LogP contribution is 2.45. The van der Waals surface area contributed by atoms with E-state index in [0.29, 0.717) is 47.4 Å². The van der Waals surface area contributed by atoms with Gasteiger partial charge in [-0.2, -0.15) is 0 Å². The second-order valence-corrected chi connectivity index (χ2v) is 9.56. The molecule has 2 aliphatic rings. The molecule has 0 bridgehead atoms. The van der Waals surface area contributed by atoms with Crippen LogP contribution in [0.4, 0.5) is 4.39 Å². The summed E-state index contributed by atoms with van der Waals surface area (Å²) >= 11 is 0. The lowest BCUT2D eigenvalue weighted by molar-refractivity contribution is -0.124. The van der Waals surface area contributed by atoms with Crippen LogP contribution in [0.25, 0.3) is 22.3 Å². The highest BCUT2D eigenvalue weighted by Gasteiger charge is 2.35. The number of carbonyl (C=O) groups excluding carboxylic acids is 1. The second-order valence-electron chi connectivity index (χ2n) is 9.56. The quantitative estimate of drug-likeness (QED) is 0.384. The van der Waals surface area contributed by atoms with Crippen LogP contribution < -0.4 is 10.9 Å². The molecule has 0 saturated carbocycles. The molecule has 2 atom stereocenters. The van der Waals surface area contributed by atoms with Crippen molar-refractivity contribution in [3.05, 3.63) is 74.3 Å². The number of aliphatic hydroxyl groups excluding tert-OH is 1. The van der Waals surface area contributed by atoms with Crippen molar-refractivity contribution >= 4 is 16.8 Å². The molecule has 1 aliphatic heterocycles. The summed E-state index contributed by atoms with van der Waals surface area (Å²) in [4.78, 5) is 30.8. The lowest BCUT2D eigenvalue weighted by Gasteiger charge is -2.29. The number of pyridine rings is 2. The van der Waals surface area contributed by atoms with Gasteiger partial charge in [0, 0.05) is 35.6 Å². The monoisotopic (exact) mass is 491 g/mol. The highest BCUT2D eigenvalue weighted by atomic mass is 19.1. The molecule has 1 amide bonds. The Bertz CT molecular complexity index is 1480. The molecule has 36 heavy (non-hydrogen) atoms. The van der Waals surface area contributed by atoms with E-state index in [1.165, 1.54) is 6.07 Å². The van der Waals surface area contributed by atoms with E-state index in [4.69, 9.17) is 9.72 Å². The van der Waals surface area contributed by atoms with Gasteiger partial charge in [-0.1, -0.05) is 13.0 Å². The zero-order valence-electron chi connectivity index (χ0n) is 20.8. The number of fused-ring (bicyclic) bond motifs is 4. The first kappa shape index (κ1) is 24.3. The second kappa shape index (κ2) is 9.26. The van der Waals surface area contributed by atoms with Crippen LogP contribution in [0.1, 0.15) is 65.1 Å². The van der Waals surface area contributed by atoms with E-state index in [1.54, 1.807) is 18.6 Å². The number of aromatic nitrogens is 2. The predicted molar refractivity (Wildman–Crippen MR) is 135 cm³/mol. The minimum atomic E-state index is -0.619. The number of aliphatic hydroxyl groups is 1. The van der Waals surface area contributed by atoms with Gasteiger partial charge in [0.1, 0.15) is 12.4 Å². The van der Waals surface area contributed by atoms with Gasteiger partial charge < -0.3 is 19.7 Å². The van der Waals surface area contributed by atoms with Crippen molar-refractivity contribution in [2.75, 3.05) is 13.7 Å². The molecule has 7 nitrogen and oxygen atoms in total. The molecule has 3 heterocycles. The largest absolute Gasteiger partial charge is 0.387 e. The van der Waals surface area contributed by atoms with Gasteiger partial charge in [-0.3, -0.25) is 9.59 Å². The molecule has 8 heteroatoms. The summed E-state index contributed by atoms with van der Waals surface area (Å²) in [5.41, 5.74) is 6.26. The van der Waals surface area contributed by atoms with E-state index in [1.807, 2.05) is 19.1 Å². The summed E-state index contributed by atoms with van der Waals surface area (Å²) in [6.07, 6.45) is 3.75. The van der Waals surface area contributed by atoms with Gasteiger partial charge in [0.15, 0.2) is 0 Å². The molecular weight excluding hydrogens is 461 g/mol. The van der Waals surface area contributed by atoms with Crippen LogP contribution >= 0.6 is 0 Å².